The molecule has 2 heterocycles. The third-order valence-electron chi connectivity index (χ3n) is 6.61. The molecule has 2 N–H and O–H groups in total. The van der Waals surface area contributed by atoms with Crippen molar-refractivity contribution in [3.8, 4) is 17.2 Å². The van der Waals surface area contributed by atoms with E-state index >= 15 is 0 Å². The Bertz CT molecular complexity index is 867. The predicted octanol–water partition coefficient (Wildman–Crippen LogP) is 2.62. The summed E-state index contributed by atoms with van der Waals surface area (Å²) in [5, 5.41) is 20.1. The van der Waals surface area contributed by atoms with E-state index in [4.69, 9.17) is 28.4 Å². The van der Waals surface area contributed by atoms with Crippen LogP contribution in [-0.2, 0) is 14.2 Å². The van der Waals surface area contributed by atoms with Gasteiger partial charge in [0.15, 0.2) is 11.5 Å². The van der Waals surface area contributed by atoms with Crippen LogP contribution < -0.4 is 14.2 Å². The number of ether oxygens (including phenoxy) is 6. The summed E-state index contributed by atoms with van der Waals surface area (Å²) >= 11 is 1.05. The van der Waals surface area contributed by atoms with Gasteiger partial charge in [0.25, 0.3) is 0 Å². The van der Waals surface area contributed by atoms with E-state index in [0.717, 1.165) is 11.8 Å². The molecule has 192 valence electrons. The van der Waals surface area contributed by atoms with E-state index in [-0.39, 0.29) is 28.0 Å². The van der Waals surface area contributed by atoms with Crippen LogP contribution in [0.15, 0.2) is 0 Å². The van der Waals surface area contributed by atoms with Crippen molar-refractivity contribution < 1.29 is 43.4 Å². The second kappa shape index (κ2) is 11.5. The fourth-order valence-corrected chi connectivity index (χ4v) is 5.61. The standard InChI is InChI=1S/C24H36O9S/c1-11-12(2)20(33-17-10-16(28-5)19(26)13(3)32-17)22(30-7)21(29-6)18(11)24(27)34-23-14(4)31-9-8-15(23)25/h13-17,19,23,25-26H,8-10H2,1-7H3. The number of carbonyl (C=O) groups is 1. The Kier molecular flexibility index (Phi) is 9.10. The first-order valence-electron chi connectivity index (χ1n) is 11.4. The lowest BCUT2D eigenvalue weighted by atomic mass is 10.00. The Balaban J connectivity index is 1.95. The van der Waals surface area contributed by atoms with Crippen molar-refractivity contribution >= 4 is 16.9 Å². The van der Waals surface area contributed by atoms with Gasteiger partial charge in [-0.15, -0.1) is 0 Å². The first-order valence-corrected chi connectivity index (χ1v) is 12.3. The van der Waals surface area contributed by atoms with Gasteiger partial charge in [0.2, 0.25) is 17.2 Å². The number of hydrogen-bond donors (Lipinski definition) is 2. The van der Waals surface area contributed by atoms with Crippen molar-refractivity contribution in [2.24, 2.45) is 0 Å². The molecule has 2 aliphatic rings. The Morgan fingerprint density at radius 3 is 2.26 bits per heavy atom. The molecule has 0 aliphatic carbocycles. The normalized spacial score (nSPS) is 31.7. The van der Waals surface area contributed by atoms with Crippen molar-refractivity contribution in [3.05, 3.63) is 16.7 Å². The van der Waals surface area contributed by atoms with Crippen LogP contribution in [0.25, 0.3) is 0 Å². The van der Waals surface area contributed by atoms with Gasteiger partial charge in [-0.2, -0.15) is 0 Å². The highest BCUT2D eigenvalue weighted by Gasteiger charge is 2.39. The van der Waals surface area contributed by atoms with Gasteiger partial charge in [-0.05, 0) is 45.2 Å². The minimum Gasteiger partial charge on any atom is -0.492 e. The van der Waals surface area contributed by atoms with Crippen molar-refractivity contribution in [2.75, 3.05) is 27.9 Å². The second-order valence-corrected chi connectivity index (χ2v) is 9.86. The molecule has 34 heavy (non-hydrogen) atoms. The first kappa shape index (κ1) is 27.0. The summed E-state index contributed by atoms with van der Waals surface area (Å²) in [4.78, 5) is 13.4. The Morgan fingerprint density at radius 2 is 1.68 bits per heavy atom. The third-order valence-corrected chi connectivity index (χ3v) is 8.00. The maximum atomic E-state index is 13.4. The highest BCUT2D eigenvalue weighted by molar-refractivity contribution is 8.14. The van der Waals surface area contributed by atoms with Crippen LogP contribution >= 0.6 is 11.8 Å². The van der Waals surface area contributed by atoms with Crippen LogP contribution in [0, 0.1) is 13.8 Å². The Hall–Kier alpha value is -1.56. The summed E-state index contributed by atoms with van der Waals surface area (Å²) in [6.07, 6.45) is -2.47. The molecule has 7 unspecified atom stereocenters. The number of thioether (sulfide) groups is 1. The van der Waals surface area contributed by atoms with Crippen LogP contribution in [0.4, 0.5) is 0 Å². The number of aliphatic hydroxyl groups excluding tert-OH is 2. The fourth-order valence-electron chi connectivity index (χ4n) is 4.44. The molecule has 2 fully saturated rings. The highest BCUT2D eigenvalue weighted by atomic mass is 32.2. The van der Waals surface area contributed by atoms with Gasteiger partial charge in [-0.1, -0.05) is 11.8 Å². The first-order chi connectivity index (χ1) is 16.1. The van der Waals surface area contributed by atoms with Gasteiger partial charge in [-0.3, -0.25) is 4.79 Å². The number of benzene rings is 1. The summed E-state index contributed by atoms with van der Waals surface area (Å²) in [6, 6.07) is 0. The molecule has 9 nitrogen and oxygen atoms in total. The van der Waals surface area contributed by atoms with E-state index in [9.17, 15) is 15.0 Å². The van der Waals surface area contributed by atoms with Crippen LogP contribution in [0.5, 0.6) is 17.2 Å². The van der Waals surface area contributed by atoms with Gasteiger partial charge < -0.3 is 38.6 Å². The van der Waals surface area contributed by atoms with Gasteiger partial charge in [0.05, 0.1) is 49.4 Å². The average Bonchev–Trinajstić information content (AvgIpc) is 2.81. The zero-order valence-electron chi connectivity index (χ0n) is 20.8. The van der Waals surface area contributed by atoms with Crippen molar-refractivity contribution in [2.45, 2.75) is 82.6 Å². The van der Waals surface area contributed by atoms with Crippen molar-refractivity contribution in [1.29, 1.82) is 0 Å². The zero-order chi connectivity index (χ0) is 25.2. The molecule has 1 aromatic carbocycles. The van der Waals surface area contributed by atoms with Crippen LogP contribution in [-0.4, -0.2) is 85.3 Å². The van der Waals surface area contributed by atoms with E-state index in [1.165, 1.54) is 21.3 Å². The maximum Gasteiger partial charge on any atom is 0.223 e. The van der Waals surface area contributed by atoms with Crippen LogP contribution in [0.2, 0.25) is 0 Å². The molecule has 0 bridgehead atoms. The van der Waals surface area contributed by atoms with E-state index in [2.05, 4.69) is 0 Å². The topological polar surface area (TPSA) is 113 Å². The Morgan fingerprint density at radius 1 is 1.00 bits per heavy atom. The minimum atomic E-state index is -0.761. The fraction of sp³-hybridized carbons (Fsp3) is 0.708. The van der Waals surface area contributed by atoms with Crippen molar-refractivity contribution in [3.63, 3.8) is 0 Å². The molecule has 0 saturated carbocycles. The monoisotopic (exact) mass is 500 g/mol. The molecule has 0 radical (unpaired) electrons. The largest absolute Gasteiger partial charge is 0.492 e. The molecule has 7 atom stereocenters. The molecule has 0 aromatic heterocycles. The SMILES string of the molecule is COc1c(OC2CC(OC)C(O)C(C)O2)c(C)c(C)c(C(=O)SC2C(O)CCOC2C)c1OC. The lowest BCUT2D eigenvalue weighted by Gasteiger charge is -2.37. The number of rotatable bonds is 7. The summed E-state index contributed by atoms with van der Waals surface area (Å²) < 4.78 is 34.4. The lowest BCUT2D eigenvalue weighted by molar-refractivity contribution is -0.222. The maximum absolute atomic E-state index is 13.4. The lowest BCUT2D eigenvalue weighted by Crippen LogP contribution is -2.49. The molecule has 2 aliphatic heterocycles. The smallest absolute Gasteiger partial charge is 0.223 e. The van der Waals surface area contributed by atoms with Crippen LogP contribution in [0.3, 0.4) is 0 Å². The Labute approximate surface area is 205 Å². The molecular formula is C24H36O9S. The van der Waals surface area contributed by atoms with Gasteiger partial charge in [-0.25, -0.2) is 0 Å². The molecule has 2 saturated heterocycles. The third kappa shape index (κ3) is 5.32. The number of carbonyl (C=O) groups excluding carboxylic acids is 1. The molecule has 1 aromatic rings. The summed E-state index contributed by atoms with van der Waals surface area (Å²) in [5.41, 5.74) is 1.74. The molecule has 0 spiro atoms. The predicted molar refractivity (Wildman–Crippen MR) is 127 cm³/mol. The van der Waals surface area contributed by atoms with Crippen molar-refractivity contribution in [1.82, 2.24) is 0 Å². The average molecular weight is 501 g/mol. The van der Waals surface area contributed by atoms with E-state index < -0.39 is 30.7 Å². The van der Waals surface area contributed by atoms with Crippen LogP contribution in [0.1, 0.15) is 48.2 Å². The molecular weight excluding hydrogens is 464 g/mol. The van der Waals surface area contributed by atoms with Gasteiger partial charge in [0, 0.05) is 20.1 Å². The number of methoxy groups -OCH3 is 3. The highest BCUT2D eigenvalue weighted by Crippen LogP contribution is 2.47. The van der Waals surface area contributed by atoms with E-state index in [1.807, 2.05) is 20.8 Å². The van der Waals surface area contributed by atoms with E-state index in [0.29, 0.717) is 41.9 Å². The van der Waals surface area contributed by atoms with Gasteiger partial charge in [0.1, 0.15) is 6.10 Å². The number of hydrogen-bond acceptors (Lipinski definition) is 10. The number of aliphatic hydroxyl groups is 2. The van der Waals surface area contributed by atoms with E-state index in [1.54, 1.807) is 6.92 Å². The summed E-state index contributed by atoms with van der Waals surface area (Å²) in [7, 11) is 4.48. The molecule has 10 heteroatoms. The summed E-state index contributed by atoms with van der Waals surface area (Å²) in [5.74, 6) is 0.930. The molecule has 3 rings (SSSR count). The minimum absolute atomic E-state index is 0.242. The quantitative estimate of drug-likeness (QED) is 0.579. The summed E-state index contributed by atoms with van der Waals surface area (Å²) in [6.45, 7) is 7.74. The zero-order valence-corrected chi connectivity index (χ0v) is 21.6. The second-order valence-electron chi connectivity index (χ2n) is 8.71. The molecule has 0 amide bonds. The van der Waals surface area contributed by atoms with Gasteiger partial charge >= 0.3 is 0 Å².